The van der Waals surface area contributed by atoms with E-state index in [-0.39, 0.29) is 5.48 Å². The molecule has 5 heavy (non-hydrogen) atoms. The Morgan fingerprint density at radius 2 is 1.00 bits per heavy atom. The minimum atomic E-state index is 0. The Kier molecular flexibility index (Phi) is 12.5. The maximum atomic E-state index is 2.32. The van der Waals surface area contributed by atoms with Crippen LogP contribution in [-0.4, -0.2) is 5.41 Å². The predicted molar refractivity (Wildman–Crippen MR) is 49.5 cm³/mol. The quantitative estimate of drug-likeness (QED) is 0.430. The Bertz CT molecular complexity index is 11.6. The lowest BCUT2D eigenvalue weighted by Gasteiger charge is -1.71. The molecule has 0 aliphatic rings. The molecule has 0 aromatic heterocycles. The fraction of sp³-hybridized carbons (Fsp3) is 1.00. The minimum Gasteiger partial charge on any atom is -0.412 e. The molecule has 0 aliphatic carbocycles. The molecule has 0 unspecified atom stereocenters. The summed E-state index contributed by atoms with van der Waals surface area (Å²) in [6.45, 7) is 0. The Balaban J connectivity index is 0. The van der Waals surface area contributed by atoms with E-state index in [1.165, 1.54) is 0 Å². The molecule has 0 bridgehead atoms. The molecular weight excluding hydrogens is 409 g/mol. The van der Waals surface area contributed by atoms with Crippen molar-refractivity contribution >= 4 is 67.8 Å². The minimum absolute atomic E-state index is 0. The average molecular weight is 412 g/mol. The van der Waals surface area contributed by atoms with Gasteiger partial charge in [0.1, 0.15) is -0.0619 Å². The molecule has 0 aromatic rings. The van der Waals surface area contributed by atoms with Crippen LogP contribution in [0.25, 0.3) is 0 Å². The van der Waals surface area contributed by atoms with Crippen molar-refractivity contribution in [2.24, 2.45) is 0 Å². The van der Waals surface area contributed by atoms with Crippen molar-refractivity contribution in [3.05, 3.63) is 0 Å². The number of alkyl halides is 3. The van der Waals surface area contributed by atoms with Gasteiger partial charge in [-0.25, -0.2) is 0 Å². The van der Waals surface area contributed by atoms with Crippen molar-refractivity contribution in [3.63, 3.8) is 0 Å². The van der Waals surface area contributed by atoms with E-state index in [0.29, 0.717) is 0 Å². The number of hydrogen-bond acceptors (Lipinski definition) is 0. The van der Waals surface area contributed by atoms with Crippen LogP contribution in [0.2, 0.25) is 0 Å². The van der Waals surface area contributed by atoms with Crippen LogP contribution in [0.4, 0.5) is 0 Å². The first-order chi connectivity index (χ1) is 1.73. The van der Waals surface area contributed by atoms with Gasteiger partial charge in [-0.3, -0.25) is 0 Å². The number of halogens is 3. The zero-order valence-corrected chi connectivity index (χ0v) is 8.68. The lowest BCUT2D eigenvalue weighted by molar-refractivity contribution is 0.824. The van der Waals surface area contributed by atoms with Gasteiger partial charge in [-0.15, -0.1) is 0 Å². The summed E-state index contributed by atoms with van der Waals surface area (Å²) in [6, 6.07) is 0. The zero-order chi connectivity index (χ0) is 3.58. The molecule has 0 saturated carbocycles. The number of hydrogen-bond donors (Lipinski definition) is 0. The normalized spacial score (nSPS) is 7.20. The van der Waals surface area contributed by atoms with Crippen molar-refractivity contribution in [1.82, 2.24) is 0 Å². The van der Waals surface area contributed by atoms with Crippen molar-refractivity contribution < 1.29 is 5.48 Å². The first-order valence-corrected chi connectivity index (χ1v) is 4.39. The molecule has 0 aliphatic heterocycles. The number of rotatable bonds is 0. The van der Waals surface area contributed by atoms with Gasteiger partial charge in [0.2, 0.25) is 0 Å². The fourth-order valence-corrected chi connectivity index (χ4v) is 0. The van der Waals surface area contributed by atoms with Crippen LogP contribution in [0, 0.1) is 0 Å². The van der Waals surface area contributed by atoms with Gasteiger partial charge in [-0.05, 0) is 0 Å². The second-order valence-corrected chi connectivity index (χ2v) is 11.1. The summed E-state index contributed by atoms with van der Waals surface area (Å²) >= 11 is 6.95. The Labute approximate surface area is 72.0 Å². The molecule has 1 nitrogen and oxygen atoms in total. The van der Waals surface area contributed by atoms with Gasteiger partial charge in [0.25, 0.3) is 0 Å². The summed E-state index contributed by atoms with van der Waals surface area (Å²) in [5.41, 5.74) is 0. The van der Waals surface area contributed by atoms with E-state index in [4.69, 9.17) is 0 Å². The summed E-state index contributed by atoms with van der Waals surface area (Å²) < 4.78 is 0.743. The first kappa shape index (κ1) is 10.2. The highest BCUT2D eigenvalue weighted by Crippen LogP contribution is 2.16. The SMILES string of the molecule is IC(I)I.O. The van der Waals surface area contributed by atoms with E-state index >= 15 is 0 Å². The van der Waals surface area contributed by atoms with Gasteiger partial charge >= 0.3 is 0 Å². The van der Waals surface area contributed by atoms with Crippen molar-refractivity contribution in [1.29, 1.82) is 0 Å². The standard InChI is InChI=1S/CHI3.H2O/c2-1(3)4;/h1H;1H2. The molecule has 0 saturated heterocycles. The summed E-state index contributed by atoms with van der Waals surface area (Å²) in [7, 11) is 0. The summed E-state index contributed by atoms with van der Waals surface area (Å²) in [6.07, 6.45) is 0. The third-order valence-corrected chi connectivity index (χ3v) is 0. The van der Waals surface area contributed by atoms with Crippen molar-refractivity contribution in [2.75, 3.05) is 0 Å². The monoisotopic (exact) mass is 412 g/mol. The van der Waals surface area contributed by atoms with Crippen LogP contribution in [0.15, 0.2) is 0 Å². The van der Waals surface area contributed by atoms with E-state index in [1.807, 2.05) is 0 Å². The van der Waals surface area contributed by atoms with Crippen LogP contribution in [0.1, 0.15) is 0 Å². The van der Waals surface area contributed by atoms with Gasteiger partial charge in [0.15, 0.2) is 0 Å². The molecule has 34 valence electrons. The fourth-order valence-electron chi connectivity index (χ4n) is 0. The van der Waals surface area contributed by atoms with E-state index in [0.717, 1.165) is -0.0619 Å². The molecule has 0 amide bonds. The largest absolute Gasteiger partial charge is 0.412 e. The van der Waals surface area contributed by atoms with Crippen LogP contribution < -0.4 is 0 Å². The highest BCUT2D eigenvalue weighted by Gasteiger charge is 1.76. The highest BCUT2D eigenvalue weighted by molar-refractivity contribution is 14.3. The molecule has 0 heterocycles. The maximum absolute atomic E-state index is 2.32. The molecule has 0 radical (unpaired) electrons. The summed E-state index contributed by atoms with van der Waals surface area (Å²) in [5, 5.41) is 0. The highest BCUT2D eigenvalue weighted by atomic mass is 127. The molecule has 0 rings (SSSR count). The van der Waals surface area contributed by atoms with E-state index in [1.54, 1.807) is 0 Å². The van der Waals surface area contributed by atoms with Crippen LogP contribution in [-0.2, 0) is 0 Å². The molecular formula is CH3I3O. The van der Waals surface area contributed by atoms with E-state index < -0.39 is 0 Å². The third kappa shape index (κ3) is 22.9. The molecule has 0 aromatic carbocycles. The molecule has 4 heteroatoms. The Morgan fingerprint density at radius 1 is 1.00 bits per heavy atom. The van der Waals surface area contributed by atoms with Gasteiger partial charge in [-0.1, -0.05) is 67.8 Å². The van der Waals surface area contributed by atoms with Crippen LogP contribution in [0.5, 0.6) is 0 Å². The van der Waals surface area contributed by atoms with Crippen LogP contribution >= 0.6 is 67.8 Å². The lowest BCUT2D eigenvalue weighted by atomic mass is 12.0. The van der Waals surface area contributed by atoms with Gasteiger partial charge < -0.3 is 5.48 Å². The second-order valence-electron chi connectivity index (χ2n) is 0.247. The zero-order valence-electron chi connectivity index (χ0n) is 2.21. The van der Waals surface area contributed by atoms with Crippen molar-refractivity contribution in [2.45, 2.75) is -0.0619 Å². The summed E-state index contributed by atoms with van der Waals surface area (Å²) in [4.78, 5) is 0. The molecule has 0 fully saturated rings. The first-order valence-electron chi connectivity index (χ1n) is 0.655. The average Bonchev–Trinajstić information content (AvgIpc) is 0.811. The third-order valence-electron chi connectivity index (χ3n) is 0. The topological polar surface area (TPSA) is 31.5 Å². The molecule has 2 N–H and O–H groups in total. The Hall–Kier alpha value is 2.15. The smallest absolute Gasteiger partial charge is 0.114 e. The maximum Gasteiger partial charge on any atom is 0.114 e. The molecule has 0 atom stereocenters. The van der Waals surface area contributed by atoms with Gasteiger partial charge in [-0.2, -0.15) is 0 Å². The summed E-state index contributed by atoms with van der Waals surface area (Å²) in [5.74, 6) is 0. The predicted octanol–water partition coefficient (Wildman–Crippen LogP) is 1.75. The van der Waals surface area contributed by atoms with Gasteiger partial charge in [0, 0.05) is 0 Å². The van der Waals surface area contributed by atoms with Gasteiger partial charge in [0.05, 0.1) is 0 Å². The molecule has 0 spiro atoms. The van der Waals surface area contributed by atoms with Crippen molar-refractivity contribution in [3.8, 4) is 0 Å². The Morgan fingerprint density at radius 3 is 1.00 bits per heavy atom. The van der Waals surface area contributed by atoms with Crippen LogP contribution in [0.3, 0.4) is 0 Å². The lowest BCUT2D eigenvalue weighted by Crippen LogP contribution is -1.47. The van der Waals surface area contributed by atoms with E-state index in [2.05, 4.69) is 67.8 Å². The van der Waals surface area contributed by atoms with E-state index in [9.17, 15) is 0 Å². The second kappa shape index (κ2) is 6.15.